The second-order valence-electron chi connectivity index (χ2n) is 10.2. The second-order valence-corrected chi connectivity index (χ2v) is 10.2. The molecule has 1 saturated heterocycles. The number of phenolic OH excluding ortho intramolecular Hbond substituents is 1. The molecule has 0 saturated carbocycles. The van der Waals surface area contributed by atoms with Crippen molar-refractivity contribution in [1.29, 1.82) is 0 Å². The third-order valence-electron chi connectivity index (χ3n) is 7.73. The number of methoxy groups -OCH3 is 2. The molecule has 0 unspecified atom stereocenters. The Morgan fingerprint density at radius 1 is 1.07 bits per heavy atom. The minimum absolute atomic E-state index is 0.0535. The second kappa shape index (κ2) is 11.1. The number of hydrogen-bond acceptors (Lipinski definition) is 9. The van der Waals surface area contributed by atoms with Gasteiger partial charge in [0.2, 0.25) is 11.8 Å². The lowest BCUT2D eigenvalue weighted by atomic mass is 9.71. The average molecular weight is 562 g/mol. The summed E-state index contributed by atoms with van der Waals surface area (Å²) >= 11 is 0. The maximum absolute atomic E-state index is 13.6. The van der Waals surface area contributed by atoms with Crippen molar-refractivity contribution in [3.05, 3.63) is 63.8 Å². The van der Waals surface area contributed by atoms with E-state index in [2.05, 4.69) is 0 Å². The molecule has 2 amide bonds. The predicted molar refractivity (Wildman–Crippen MR) is 149 cm³/mol. The van der Waals surface area contributed by atoms with E-state index in [0.717, 1.165) is 10.5 Å². The number of carbonyl (C=O) groups is 3. The van der Waals surface area contributed by atoms with Crippen molar-refractivity contribution in [2.75, 3.05) is 27.4 Å². The molecule has 10 nitrogen and oxygen atoms in total. The Hall–Kier alpha value is -4.60. The SMILES string of the molecule is CCOC(=O)CCN1C(=O)[C@@H]2[C@@H](CC(C)=C[C@H]2c2c(OC)cc3oc(-c4ccc(OC)cc4)cc(=O)c3c2O)C1=O. The summed E-state index contributed by atoms with van der Waals surface area (Å²) in [5.74, 6) is -2.78. The van der Waals surface area contributed by atoms with Crippen LogP contribution in [0.3, 0.4) is 0 Å². The van der Waals surface area contributed by atoms with Gasteiger partial charge in [0.25, 0.3) is 0 Å². The van der Waals surface area contributed by atoms with Gasteiger partial charge in [-0.3, -0.25) is 24.1 Å². The highest BCUT2D eigenvalue weighted by Crippen LogP contribution is 2.51. The van der Waals surface area contributed by atoms with Gasteiger partial charge in [0.15, 0.2) is 5.43 Å². The Morgan fingerprint density at radius 2 is 1.80 bits per heavy atom. The molecule has 0 radical (unpaired) electrons. The number of carbonyl (C=O) groups excluding carboxylic acids is 3. The molecule has 3 aromatic rings. The number of rotatable bonds is 8. The van der Waals surface area contributed by atoms with E-state index in [9.17, 15) is 24.3 Å². The van der Waals surface area contributed by atoms with Crippen molar-refractivity contribution in [3.63, 3.8) is 0 Å². The maximum Gasteiger partial charge on any atom is 0.307 e. The zero-order chi connectivity index (χ0) is 29.4. The van der Waals surface area contributed by atoms with Gasteiger partial charge in [0, 0.05) is 35.7 Å². The third kappa shape index (κ3) is 4.94. The van der Waals surface area contributed by atoms with Crippen molar-refractivity contribution in [3.8, 4) is 28.6 Å². The largest absolute Gasteiger partial charge is 0.507 e. The van der Waals surface area contributed by atoms with E-state index in [4.69, 9.17) is 18.6 Å². The number of amides is 2. The van der Waals surface area contributed by atoms with E-state index < -0.39 is 35.1 Å². The first kappa shape index (κ1) is 27.9. The monoisotopic (exact) mass is 561 g/mol. The zero-order valence-electron chi connectivity index (χ0n) is 23.3. The summed E-state index contributed by atoms with van der Waals surface area (Å²) in [6.07, 6.45) is 2.09. The van der Waals surface area contributed by atoms with Crippen LogP contribution in [0, 0.1) is 11.8 Å². The summed E-state index contributed by atoms with van der Waals surface area (Å²) in [5, 5.41) is 11.5. The van der Waals surface area contributed by atoms with Crippen LogP contribution in [0.4, 0.5) is 0 Å². The predicted octanol–water partition coefficient (Wildman–Crippen LogP) is 4.17. The molecule has 1 fully saturated rings. The van der Waals surface area contributed by atoms with Crippen LogP contribution >= 0.6 is 0 Å². The van der Waals surface area contributed by atoms with E-state index in [1.54, 1.807) is 38.3 Å². The molecular formula is C31H31NO9. The van der Waals surface area contributed by atoms with Gasteiger partial charge in [-0.2, -0.15) is 0 Å². The van der Waals surface area contributed by atoms with Crippen molar-refractivity contribution < 1.29 is 38.1 Å². The summed E-state index contributed by atoms with van der Waals surface area (Å²) in [6.45, 7) is 3.64. The number of imide groups is 1. The molecule has 3 atom stereocenters. The van der Waals surface area contributed by atoms with Crippen LogP contribution in [-0.4, -0.2) is 55.2 Å². The number of nitrogens with zero attached hydrogens (tertiary/aromatic N) is 1. The molecule has 2 aliphatic rings. The molecule has 1 aliphatic heterocycles. The first-order valence-corrected chi connectivity index (χ1v) is 13.4. The number of benzene rings is 2. The average Bonchev–Trinajstić information content (AvgIpc) is 3.19. The number of aromatic hydroxyl groups is 1. The van der Waals surface area contributed by atoms with Crippen LogP contribution in [0.2, 0.25) is 0 Å². The lowest BCUT2D eigenvalue weighted by molar-refractivity contribution is -0.145. The van der Waals surface area contributed by atoms with Gasteiger partial charge in [0.05, 0.1) is 39.1 Å². The first-order valence-electron chi connectivity index (χ1n) is 13.4. The lowest BCUT2D eigenvalue weighted by Crippen LogP contribution is -2.34. The summed E-state index contributed by atoms with van der Waals surface area (Å²) in [4.78, 5) is 53.3. The van der Waals surface area contributed by atoms with E-state index in [0.29, 0.717) is 23.5 Å². The fraction of sp³-hybridized carbons (Fsp3) is 0.355. The number of fused-ring (bicyclic) bond motifs is 2. The number of ether oxygens (including phenoxy) is 3. The van der Waals surface area contributed by atoms with Crippen LogP contribution in [0.15, 0.2) is 57.3 Å². The van der Waals surface area contributed by atoms with Crippen molar-refractivity contribution >= 4 is 28.8 Å². The van der Waals surface area contributed by atoms with E-state index in [-0.39, 0.29) is 53.5 Å². The summed E-state index contributed by atoms with van der Waals surface area (Å²) in [7, 11) is 2.97. The number of phenols is 1. The van der Waals surface area contributed by atoms with E-state index in [1.165, 1.54) is 19.2 Å². The molecule has 0 spiro atoms. The van der Waals surface area contributed by atoms with Crippen LogP contribution in [0.25, 0.3) is 22.3 Å². The van der Waals surface area contributed by atoms with Crippen molar-refractivity contribution in [2.24, 2.45) is 11.8 Å². The van der Waals surface area contributed by atoms with Crippen LogP contribution in [0.5, 0.6) is 17.2 Å². The Bertz CT molecular complexity index is 1620. The number of hydrogen-bond donors (Lipinski definition) is 1. The normalized spacial score (nSPS) is 20.1. The van der Waals surface area contributed by atoms with Gasteiger partial charge in [-0.25, -0.2) is 0 Å². The van der Waals surface area contributed by atoms with Gasteiger partial charge >= 0.3 is 5.97 Å². The number of likely N-dealkylation sites (tertiary alicyclic amines) is 1. The molecule has 2 heterocycles. The molecule has 10 heteroatoms. The fourth-order valence-corrected chi connectivity index (χ4v) is 5.86. The van der Waals surface area contributed by atoms with Crippen molar-refractivity contribution in [1.82, 2.24) is 4.90 Å². The molecule has 41 heavy (non-hydrogen) atoms. The number of esters is 1. The topological polar surface area (TPSA) is 133 Å². The third-order valence-corrected chi connectivity index (χ3v) is 7.73. The Labute approximate surface area is 236 Å². The molecular weight excluding hydrogens is 530 g/mol. The van der Waals surface area contributed by atoms with Gasteiger partial charge in [-0.05, 0) is 44.5 Å². The van der Waals surface area contributed by atoms with Crippen LogP contribution in [0.1, 0.15) is 38.2 Å². The summed E-state index contributed by atoms with van der Waals surface area (Å²) in [6, 6.07) is 9.80. The van der Waals surface area contributed by atoms with Gasteiger partial charge < -0.3 is 23.7 Å². The fourth-order valence-electron chi connectivity index (χ4n) is 5.86. The van der Waals surface area contributed by atoms with Crippen molar-refractivity contribution in [2.45, 2.75) is 32.6 Å². The van der Waals surface area contributed by atoms with E-state index >= 15 is 0 Å². The minimum atomic E-state index is -0.837. The van der Waals surface area contributed by atoms with Gasteiger partial charge in [0.1, 0.15) is 34.0 Å². The molecule has 5 rings (SSSR count). The zero-order valence-corrected chi connectivity index (χ0v) is 23.3. The van der Waals surface area contributed by atoms with Crippen LogP contribution < -0.4 is 14.9 Å². The highest BCUT2D eigenvalue weighted by molar-refractivity contribution is 6.06. The quantitative estimate of drug-likeness (QED) is 0.244. The Morgan fingerprint density at radius 3 is 2.46 bits per heavy atom. The first-order chi connectivity index (χ1) is 19.7. The molecule has 2 aromatic carbocycles. The summed E-state index contributed by atoms with van der Waals surface area (Å²) in [5.41, 5.74) is 1.36. The Balaban J connectivity index is 1.58. The minimum Gasteiger partial charge on any atom is -0.507 e. The number of allylic oxidation sites excluding steroid dienone is 2. The van der Waals surface area contributed by atoms with E-state index in [1.807, 2.05) is 13.0 Å². The Kier molecular flexibility index (Phi) is 7.57. The van der Waals surface area contributed by atoms with Gasteiger partial charge in [-0.1, -0.05) is 11.6 Å². The smallest absolute Gasteiger partial charge is 0.307 e. The molecule has 214 valence electrons. The highest BCUT2D eigenvalue weighted by atomic mass is 16.5. The molecule has 0 bridgehead atoms. The lowest BCUT2D eigenvalue weighted by Gasteiger charge is -2.30. The molecule has 1 aliphatic carbocycles. The molecule has 1 N–H and O–H groups in total. The standard InChI is InChI=1S/C31H31NO9/c1-5-40-25(34)10-11-32-30(36)20-13-16(2)12-19(26(20)31(32)37)27-23(39-4)15-24-28(29(27)35)21(33)14-22(41-24)17-6-8-18(38-3)9-7-17/h6-9,12,14-15,19-20,26,35H,5,10-11,13H2,1-4H3/t19-,20-,26+/m1/s1. The summed E-state index contributed by atoms with van der Waals surface area (Å²) < 4.78 is 21.8. The molecule has 1 aromatic heterocycles. The maximum atomic E-state index is 13.6. The van der Waals surface area contributed by atoms with Gasteiger partial charge in [-0.15, -0.1) is 0 Å². The van der Waals surface area contributed by atoms with Crippen LogP contribution in [-0.2, 0) is 19.1 Å². The highest BCUT2D eigenvalue weighted by Gasteiger charge is 2.53.